The minimum atomic E-state index is -3.58. The molecule has 26 heavy (non-hydrogen) atoms. The Balaban J connectivity index is 1.69. The number of sulfonamides is 1. The van der Waals surface area contributed by atoms with Crippen LogP contribution in [0.1, 0.15) is 41.7 Å². The van der Waals surface area contributed by atoms with Gasteiger partial charge >= 0.3 is 0 Å². The van der Waals surface area contributed by atoms with Gasteiger partial charge in [-0.25, -0.2) is 21.9 Å². The molecule has 0 aromatic heterocycles. The zero-order valence-electron chi connectivity index (χ0n) is 14.0. The Bertz CT molecular complexity index is 926. The normalized spacial score (nSPS) is 15.5. The highest BCUT2D eigenvalue weighted by molar-refractivity contribution is 7.89. The predicted octanol–water partition coefficient (Wildman–Crippen LogP) is 2.90. The van der Waals surface area contributed by atoms with Gasteiger partial charge in [0.15, 0.2) is 0 Å². The van der Waals surface area contributed by atoms with E-state index in [1.807, 2.05) is 0 Å². The first kappa shape index (κ1) is 18.5. The van der Waals surface area contributed by atoms with Crippen molar-refractivity contribution in [3.63, 3.8) is 0 Å². The van der Waals surface area contributed by atoms with E-state index >= 15 is 0 Å². The van der Waals surface area contributed by atoms with Crippen LogP contribution in [0, 0.1) is 11.6 Å². The maximum Gasteiger partial charge on any atom is 0.251 e. The molecule has 8 heteroatoms. The molecule has 2 aromatic carbocycles. The van der Waals surface area contributed by atoms with Crippen molar-refractivity contribution in [2.24, 2.45) is 0 Å². The summed E-state index contributed by atoms with van der Waals surface area (Å²) in [5.41, 5.74) is 0.400. The first-order valence-electron chi connectivity index (χ1n) is 8.14. The van der Waals surface area contributed by atoms with E-state index in [9.17, 15) is 22.0 Å². The molecule has 5 nitrogen and oxygen atoms in total. The molecule has 1 aliphatic rings. The summed E-state index contributed by atoms with van der Waals surface area (Å²) in [7, 11) is -3.58. The van der Waals surface area contributed by atoms with Crippen LogP contribution in [0.2, 0.25) is 0 Å². The van der Waals surface area contributed by atoms with Crippen molar-refractivity contribution in [2.75, 3.05) is 0 Å². The van der Waals surface area contributed by atoms with Gasteiger partial charge < -0.3 is 5.32 Å². The van der Waals surface area contributed by atoms with Crippen LogP contribution in [0.3, 0.4) is 0 Å². The molecular weight excluding hydrogens is 362 g/mol. The minimum Gasteiger partial charge on any atom is -0.345 e. The molecule has 0 heterocycles. The van der Waals surface area contributed by atoms with Gasteiger partial charge in [-0.3, -0.25) is 4.79 Å². The Morgan fingerprint density at radius 2 is 1.77 bits per heavy atom. The molecule has 138 valence electrons. The SMILES string of the molecule is CC(NC(=O)c1ccc(S(=O)(=O)NC2CC2)cc1)c1ccc(F)cc1F. The monoisotopic (exact) mass is 380 g/mol. The van der Waals surface area contributed by atoms with E-state index < -0.39 is 33.6 Å². The molecule has 0 radical (unpaired) electrons. The van der Waals surface area contributed by atoms with Crippen molar-refractivity contribution in [2.45, 2.75) is 36.7 Å². The maximum absolute atomic E-state index is 13.8. The number of benzene rings is 2. The van der Waals surface area contributed by atoms with E-state index in [1.54, 1.807) is 6.92 Å². The van der Waals surface area contributed by atoms with E-state index in [2.05, 4.69) is 10.0 Å². The largest absolute Gasteiger partial charge is 0.345 e. The highest BCUT2D eigenvalue weighted by Gasteiger charge is 2.28. The predicted molar refractivity (Wildman–Crippen MR) is 92.0 cm³/mol. The van der Waals surface area contributed by atoms with Crippen LogP contribution in [0.25, 0.3) is 0 Å². The summed E-state index contributed by atoms with van der Waals surface area (Å²) < 4.78 is 53.5. The maximum atomic E-state index is 13.8. The zero-order valence-corrected chi connectivity index (χ0v) is 14.8. The molecular formula is C18H18F2N2O3S. The second kappa shape index (κ2) is 7.13. The summed E-state index contributed by atoms with van der Waals surface area (Å²) in [5.74, 6) is -1.92. The number of hydrogen-bond donors (Lipinski definition) is 2. The van der Waals surface area contributed by atoms with Crippen LogP contribution in [-0.4, -0.2) is 20.4 Å². The van der Waals surface area contributed by atoms with Crippen molar-refractivity contribution >= 4 is 15.9 Å². The van der Waals surface area contributed by atoms with Gasteiger partial charge in [0.05, 0.1) is 10.9 Å². The molecule has 1 aliphatic carbocycles. The first-order valence-corrected chi connectivity index (χ1v) is 9.63. The van der Waals surface area contributed by atoms with Gasteiger partial charge in [-0.15, -0.1) is 0 Å². The van der Waals surface area contributed by atoms with Gasteiger partial charge in [-0.05, 0) is 50.1 Å². The smallest absolute Gasteiger partial charge is 0.251 e. The number of halogens is 2. The van der Waals surface area contributed by atoms with Crippen molar-refractivity contribution in [1.29, 1.82) is 0 Å². The zero-order chi connectivity index (χ0) is 18.9. The van der Waals surface area contributed by atoms with Crippen LogP contribution in [-0.2, 0) is 10.0 Å². The molecule has 1 saturated carbocycles. The summed E-state index contributed by atoms with van der Waals surface area (Å²) in [6.07, 6.45) is 1.66. The fourth-order valence-corrected chi connectivity index (χ4v) is 3.79. The highest BCUT2D eigenvalue weighted by atomic mass is 32.2. The summed E-state index contributed by atoms with van der Waals surface area (Å²) in [5, 5.41) is 2.61. The lowest BCUT2D eigenvalue weighted by atomic mass is 10.1. The standard InChI is InChI=1S/C18H18F2N2O3S/c1-11(16-9-4-13(19)10-17(16)20)21-18(23)12-2-7-15(8-3-12)26(24,25)22-14-5-6-14/h2-4,7-11,14,22H,5-6H2,1H3,(H,21,23). The molecule has 2 aromatic rings. The topological polar surface area (TPSA) is 75.3 Å². The average Bonchev–Trinajstić information content (AvgIpc) is 3.38. The van der Waals surface area contributed by atoms with Gasteiger partial charge in [0.1, 0.15) is 11.6 Å². The summed E-state index contributed by atoms with van der Waals surface area (Å²) in [6, 6.07) is 7.95. The molecule has 3 rings (SSSR count). The lowest BCUT2D eigenvalue weighted by Gasteiger charge is -2.15. The van der Waals surface area contributed by atoms with Crippen LogP contribution in [0.4, 0.5) is 8.78 Å². The molecule has 0 bridgehead atoms. The van der Waals surface area contributed by atoms with E-state index in [1.165, 1.54) is 30.3 Å². The Hall–Kier alpha value is -2.32. The molecule has 1 fully saturated rings. The van der Waals surface area contributed by atoms with Gasteiger partial charge in [-0.1, -0.05) is 6.07 Å². The fourth-order valence-electron chi connectivity index (χ4n) is 2.48. The van der Waals surface area contributed by atoms with Crippen molar-refractivity contribution < 1.29 is 22.0 Å². The van der Waals surface area contributed by atoms with Crippen molar-refractivity contribution in [3.8, 4) is 0 Å². The second-order valence-electron chi connectivity index (χ2n) is 6.28. The van der Waals surface area contributed by atoms with Crippen LogP contribution >= 0.6 is 0 Å². The number of hydrogen-bond acceptors (Lipinski definition) is 3. The first-order chi connectivity index (χ1) is 12.3. The van der Waals surface area contributed by atoms with E-state index in [0.717, 1.165) is 25.0 Å². The molecule has 1 unspecified atom stereocenters. The Morgan fingerprint density at radius 1 is 1.12 bits per heavy atom. The molecule has 1 amide bonds. The molecule has 1 atom stereocenters. The summed E-state index contributed by atoms with van der Waals surface area (Å²) >= 11 is 0. The quantitative estimate of drug-likeness (QED) is 0.809. The van der Waals surface area contributed by atoms with Gasteiger partial charge in [0.25, 0.3) is 5.91 Å². The Morgan fingerprint density at radius 3 is 2.35 bits per heavy atom. The van der Waals surface area contributed by atoms with Crippen molar-refractivity contribution in [3.05, 3.63) is 65.2 Å². The van der Waals surface area contributed by atoms with Crippen LogP contribution < -0.4 is 10.0 Å². The van der Waals surface area contributed by atoms with Crippen LogP contribution in [0.15, 0.2) is 47.4 Å². The minimum absolute atomic E-state index is 0.00516. The summed E-state index contributed by atoms with van der Waals surface area (Å²) in [4.78, 5) is 12.4. The highest BCUT2D eigenvalue weighted by Crippen LogP contribution is 2.22. The van der Waals surface area contributed by atoms with Gasteiger partial charge in [0, 0.05) is 23.2 Å². The third-order valence-corrected chi connectivity index (χ3v) is 5.64. The Kier molecular flexibility index (Phi) is 5.06. The van der Waals surface area contributed by atoms with E-state index in [0.29, 0.717) is 0 Å². The van der Waals surface area contributed by atoms with Crippen LogP contribution in [0.5, 0.6) is 0 Å². The third kappa shape index (κ3) is 4.25. The molecule has 0 aliphatic heterocycles. The molecule has 0 spiro atoms. The number of carbonyl (C=O) groups excluding carboxylic acids is 1. The Labute approximate surface area is 150 Å². The average molecular weight is 380 g/mol. The van der Waals surface area contributed by atoms with Crippen molar-refractivity contribution in [1.82, 2.24) is 10.0 Å². The van der Waals surface area contributed by atoms with E-state index in [-0.39, 0.29) is 22.1 Å². The number of nitrogens with one attached hydrogen (secondary N) is 2. The molecule has 2 N–H and O–H groups in total. The number of carbonyl (C=O) groups is 1. The molecule has 0 saturated heterocycles. The van der Waals surface area contributed by atoms with E-state index in [4.69, 9.17) is 0 Å². The van der Waals surface area contributed by atoms with Gasteiger partial charge in [0.2, 0.25) is 10.0 Å². The summed E-state index contributed by atoms with van der Waals surface area (Å²) in [6.45, 7) is 1.58. The lowest BCUT2D eigenvalue weighted by molar-refractivity contribution is 0.0939. The number of rotatable bonds is 6. The lowest BCUT2D eigenvalue weighted by Crippen LogP contribution is -2.28. The fraction of sp³-hybridized carbons (Fsp3) is 0.278. The second-order valence-corrected chi connectivity index (χ2v) is 7.99. The number of amides is 1. The third-order valence-electron chi connectivity index (χ3n) is 4.10. The van der Waals surface area contributed by atoms with Gasteiger partial charge in [-0.2, -0.15) is 0 Å².